The van der Waals surface area contributed by atoms with Crippen LogP contribution in [0.1, 0.15) is 28.0 Å². The van der Waals surface area contributed by atoms with Crippen molar-refractivity contribution in [2.45, 2.75) is 31.3 Å². The standard InChI is InChI=1S/C27H22F5N7O3/c28-19-2-1-6-35-25(19)39-23(27(30,31)32)17(10-36-39)26(40)37-14-3-4-22(20(29)8-14)42-21-5-7-34-24(33)18(21)12-38-11-16-9-15(38)13-41-16/h1-8,10,15-16H,9,11-13H2,(H2,33,34)(H,37,40)/t15-,16-/m0/s1. The molecule has 2 aliphatic heterocycles. The fourth-order valence-electron chi connectivity index (χ4n) is 5.08. The molecule has 2 fully saturated rings. The smallest absolute Gasteiger partial charge is 0.434 e. The summed E-state index contributed by atoms with van der Waals surface area (Å²) in [6.45, 7) is 1.77. The lowest BCUT2D eigenvalue weighted by molar-refractivity contribution is -0.143. The number of hydrogen-bond acceptors (Lipinski definition) is 8. The lowest BCUT2D eigenvalue weighted by Gasteiger charge is -2.27. The van der Waals surface area contributed by atoms with E-state index in [0.29, 0.717) is 24.9 Å². The lowest BCUT2D eigenvalue weighted by atomic mass is 10.2. The van der Waals surface area contributed by atoms with Crippen molar-refractivity contribution in [3.8, 4) is 17.3 Å². The maximum Gasteiger partial charge on any atom is 0.434 e. The summed E-state index contributed by atoms with van der Waals surface area (Å²) in [5.41, 5.74) is 4.07. The van der Waals surface area contributed by atoms with Gasteiger partial charge in [0.1, 0.15) is 11.6 Å². The van der Waals surface area contributed by atoms with Crippen LogP contribution in [0.3, 0.4) is 0 Å². The highest BCUT2D eigenvalue weighted by Crippen LogP contribution is 2.36. The van der Waals surface area contributed by atoms with Crippen LogP contribution in [0.4, 0.5) is 33.5 Å². The third-order valence-electron chi connectivity index (χ3n) is 7.05. The highest BCUT2D eigenvalue weighted by Gasteiger charge is 2.42. The van der Waals surface area contributed by atoms with Crippen molar-refractivity contribution >= 4 is 17.4 Å². The number of pyridine rings is 2. The number of benzene rings is 1. The molecule has 0 aliphatic carbocycles. The van der Waals surface area contributed by atoms with Crippen LogP contribution in [0, 0.1) is 11.6 Å². The molecule has 0 spiro atoms. The van der Waals surface area contributed by atoms with Crippen LogP contribution < -0.4 is 15.8 Å². The fraction of sp³-hybridized carbons (Fsp3) is 0.259. The van der Waals surface area contributed by atoms with Gasteiger partial charge in [-0.25, -0.2) is 23.4 Å². The third kappa shape index (κ3) is 5.23. The Balaban J connectivity index is 1.21. The van der Waals surface area contributed by atoms with Crippen LogP contribution in [0.25, 0.3) is 5.82 Å². The number of ether oxygens (including phenoxy) is 2. The SMILES string of the molecule is Nc1nccc(Oc2ccc(NC(=O)c3cnn(-c4ncccc4F)c3C(F)(F)F)cc2F)c1CN1C[C@@H]2C[C@H]1CO2. The summed E-state index contributed by atoms with van der Waals surface area (Å²) in [6, 6.07) is 7.26. The van der Waals surface area contributed by atoms with Gasteiger partial charge in [0.15, 0.2) is 28.9 Å². The van der Waals surface area contributed by atoms with Crippen molar-refractivity contribution in [2.75, 3.05) is 24.2 Å². The highest BCUT2D eigenvalue weighted by atomic mass is 19.4. The number of aromatic nitrogens is 4. The molecule has 0 unspecified atom stereocenters. The minimum atomic E-state index is -5.10. The molecule has 1 amide bonds. The first-order valence-corrected chi connectivity index (χ1v) is 12.7. The van der Waals surface area contributed by atoms with Gasteiger partial charge in [-0.1, -0.05) is 0 Å². The van der Waals surface area contributed by atoms with E-state index in [-0.39, 0.29) is 39.8 Å². The molecule has 1 aromatic carbocycles. The maximum absolute atomic E-state index is 15.1. The molecule has 6 rings (SSSR count). The molecular weight excluding hydrogens is 565 g/mol. The molecule has 0 radical (unpaired) electrons. The summed E-state index contributed by atoms with van der Waals surface area (Å²) in [5.74, 6) is -3.65. The number of carbonyl (C=O) groups excluding carboxylic acids is 1. The van der Waals surface area contributed by atoms with E-state index in [1.54, 1.807) is 6.07 Å². The topological polar surface area (TPSA) is 120 Å². The van der Waals surface area contributed by atoms with Gasteiger partial charge in [-0.15, -0.1) is 0 Å². The van der Waals surface area contributed by atoms with Gasteiger partial charge in [0.25, 0.3) is 5.91 Å². The Labute approximate surface area is 234 Å². The second kappa shape index (κ2) is 10.6. The number of nitrogen functional groups attached to an aromatic ring is 1. The Morgan fingerprint density at radius 2 is 1.95 bits per heavy atom. The molecule has 15 heteroatoms. The van der Waals surface area contributed by atoms with Gasteiger partial charge < -0.3 is 20.5 Å². The Hall–Kier alpha value is -4.63. The number of fused-ring (bicyclic) bond motifs is 2. The quantitative estimate of drug-likeness (QED) is 0.302. The van der Waals surface area contributed by atoms with E-state index in [1.807, 2.05) is 0 Å². The molecule has 2 saturated heterocycles. The van der Waals surface area contributed by atoms with Crippen molar-refractivity contribution < 1.29 is 36.2 Å². The van der Waals surface area contributed by atoms with Gasteiger partial charge >= 0.3 is 6.18 Å². The Morgan fingerprint density at radius 3 is 2.64 bits per heavy atom. The number of amides is 1. The lowest BCUT2D eigenvalue weighted by Crippen LogP contribution is -2.36. The first-order valence-electron chi connectivity index (χ1n) is 12.7. The second-order valence-electron chi connectivity index (χ2n) is 9.77. The van der Waals surface area contributed by atoms with Crippen molar-refractivity contribution in [3.05, 3.63) is 83.4 Å². The summed E-state index contributed by atoms with van der Waals surface area (Å²) < 4.78 is 82.7. The molecule has 2 bridgehead atoms. The normalized spacial score (nSPS) is 18.4. The van der Waals surface area contributed by atoms with Crippen LogP contribution in [0.15, 0.2) is 55.0 Å². The van der Waals surface area contributed by atoms with Crippen LogP contribution in [0.2, 0.25) is 0 Å². The molecule has 3 N–H and O–H groups in total. The first-order chi connectivity index (χ1) is 20.1. The van der Waals surface area contributed by atoms with Crippen LogP contribution in [-0.2, 0) is 17.5 Å². The summed E-state index contributed by atoms with van der Waals surface area (Å²) >= 11 is 0. The Bertz CT molecular complexity index is 1660. The number of halogens is 5. The molecule has 218 valence electrons. The molecule has 2 atom stereocenters. The number of carbonyl (C=O) groups is 1. The van der Waals surface area contributed by atoms with Gasteiger partial charge in [-0.2, -0.15) is 18.3 Å². The van der Waals surface area contributed by atoms with Crippen LogP contribution in [0.5, 0.6) is 11.5 Å². The first kappa shape index (κ1) is 27.5. The molecule has 10 nitrogen and oxygen atoms in total. The van der Waals surface area contributed by atoms with E-state index in [9.17, 15) is 22.4 Å². The number of nitrogens with zero attached hydrogens (tertiary/aromatic N) is 5. The van der Waals surface area contributed by atoms with E-state index in [2.05, 4.69) is 25.3 Å². The molecule has 0 saturated carbocycles. The molecule has 5 heterocycles. The zero-order valence-corrected chi connectivity index (χ0v) is 21.6. The predicted octanol–water partition coefficient (Wildman–Crippen LogP) is 4.56. The molecule has 4 aromatic rings. The van der Waals surface area contributed by atoms with Crippen LogP contribution in [-0.4, -0.2) is 55.9 Å². The molecule has 3 aromatic heterocycles. The number of likely N-dealkylation sites (tertiary alicyclic amines) is 1. The predicted molar refractivity (Wildman–Crippen MR) is 138 cm³/mol. The number of nitrogens with one attached hydrogen (secondary N) is 1. The number of rotatable bonds is 7. The molecule has 42 heavy (non-hydrogen) atoms. The van der Waals surface area contributed by atoms with E-state index in [1.165, 1.54) is 24.4 Å². The monoisotopic (exact) mass is 587 g/mol. The molecule has 2 aliphatic rings. The minimum Gasteiger partial charge on any atom is -0.454 e. The van der Waals surface area contributed by atoms with Gasteiger partial charge in [0.2, 0.25) is 0 Å². The van der Waals surface area contributed by atoms with Gasteiger partial charge in [-0.05, 0) is 36.8 Å². The number of anilines is 2. The van der Waals surface area contributed by atoms with E-state index in [4.69, 9.17) is 15.2 Å². The van der Waals surface area contributed by atoms with Crippen molar-refractivity contribution in [3.63, 3.8) is 0 Å². The highest BCUT2D eigenvalue weighted by molar-refractivity contribution is 6.05. The number of alkyl halides is 3. The zero-order valence-electron chi connectivity index (χ0n) is 21.6. The fourth-order valence-corrected chi connectivity index (χ4v) is 5.08. The number of hydrogen-bond donors (Lipinski definition) is 2. The zero-order chi connectivity index (χ0) is 29.6. The van der Waals surface area contributed by atoms with Crippen LogP contribution >= 0.6 is 0 Å². The Morgan fingerprint density at radius 1 is 1.12 bits per heavy atom. The summed E-state index contributed by atoms with van der Waals surface area (Å²) in [4.78, 5) is 22.7. The summed E-state index contributed by atoms with van der Waals surface area (Å²) in [7, 11) is 0. The van der Waals surface area contributed by atoms with Crippen molar-refractivity contribution in [1.29, 1.82) is 0 Å². The average Bonchev–Trinajstić information content (AvgIpc) is 3.68. The Kier molecular flexibility index (Phi) is 6.98. The minimum absolute atomic E-state index is 0.155. The number of morpholine rings is 1. The summed E-state index contributed by atoms with van der Waals surface area (Å²) in [5, 5.41) is 5.75. The number of nitrogens with two attached hydrogens (primary N) is 1. The van der Waals surface area contributed by atoms with Gasteiger partial charge in [0, 0.05) is 43.3 Å². The molecular formula is C27H22F5N7O3. The van der Waals surface area contributed by atoms with Crippen molar-refractivity contribution in [1.82, 2.24) is 24.6 Å². The van der Waals surface area contributed by atoms with E-state index >= 15 is 4.39 Å². The summed E-state index contributed by atoms with van der Waals surface area (Å²) in [6.07, 6.45) is -0.871. The average molecular weight is 588 g/mol. The van der Waals surface area contributed by atoms with E-state index < -0.39 is 40.8 Å². The maximum atomic E-state index is 15.1. The van der Waals surface area contributed by atoms with Gasteiger partial charge in [-0.3, -0.25) is 9.69 Å². The third-order valence-corrected chi connectivity index (χ3v) is 7.05. The largest absolute Gasteiger partial charge is 0.454 e. The second-order valence-corrected chi connectivity index (χ2v) is 9.77. The van der Waals surface area contributed by atoms with Crippen molar-refractivity contribution in [2.24, 2.45) is 0 Å². The van der Waals surface area contributed by atoms with Gasteiger partial charge in [0.05, 0.1) is 30.0 Å². The van der Waals surface area contributed by atoms with E-state index in [0.717, 1.165) is 31.3 Å².